The molecule has 5 aliphatic rings. The van der Waals surface area contributed by atoms with Crippen molar-refractivity contribution in [2.24, 2.45) is 23.2 Å². The van der Waals surface area contributed by atoms with Crippen molar-refractivity contribution in [3.63, 3.8) is 0 Å². The van der Waals surface area contributed by atoms with Crippen molar-refractivity contribution in [2.75, 3.05) is 32.1 Å². The molecule has 3 aromatic carbocycles. The standard InChI is InChI=1S/C40H49N5O5/c1-24-33-20-29(40(33,2)3)21-34(24)42-39(47)36-14-9-15-44(36)22-26-11-8-12-32(37(26)50-5)27-16-28(19-31(18-27)45(48)49)38(46)41-30-17-25-10-6-7-13-35(25)43(4)23-30/h6-8,10-13,16,18-19,24,29-30,33-34,36H,9,14-15,17,20-23H2,1-5H3,(H,41,46)(H,42,47)/t24-,29+,30?,33-,34-,36+/m0/s1. The number of methoxy groups -OCH3 is 1. The fraction of sp³-hybridized carbons (Fsp3) is 0.500. The molecule has 6 atom stereocenters. The summed E-state index contributed by atoms with van der Waals surface area (Å²) in [6, 6.07) is 18.3. The number of carbonyl (C=O) groups excluding carboxylic acids is 2. The monoisotopic (exact) mass is 679 g/mol. The van der Waals surface area contributed by atoms with Gasteiger partial charge in [-0.15, -0.1) is 0 Å². The van der Waals surface area contributed by atoms with Gasteiger partial charge in [0, 0.05) is 60.7 Å². The number of nitro groups is 1. The maximum atomic E-state index is 13.7. The van der Waals surface area contributed by atoms with Crippen LogP contribution in [-0.2, 0) is 17.8 Å². The molecule has 3 aliphatic carbocycles. The number of non-ortho nitro benzene ring substituents is 1. The molecule has 0 radical (unpaired) electrons. The van der Waals surface area contributed by atoms with Gasteiger partial charge in [0.25, 0.3) is 11.6 Å². The van der Waals surface area contributed by atoms with Crippen LogP contribution in [0.25, 0.3) is 11.1 Å². The molecule has 10 nitrogen and oxygen atoms in total. The summed E-state index contributed by atoms with van der Waals surface area (Å²) in [5.41, 5.74) is 4.78. The van der Waals surface area contributed by atoms with Gasteiger partial charge in [-0.25, -0.2) is 0 Å². The van der Waals surface area contributed by atoms with Crippen LogP contribution in [-0.4, -0.2) is 67.0 Å². The number of benzene rings is 3. The van der Waals surface area contributed by atoms with Crippen LogP contribution in [0, 0.1) is 33.3 Å². The molecular formula is C40H49N5O5. The minimum absolute atomic E-state index is 0.107. The van der Waals surface area contributed by atoms with E-state index in [2.05, 4.69) is 53.3 Å². The van der Waals surface area contributed by atoms with E-state index in [0.29, 0.717) is 59.6 Å². The predicted molar refractivity (Wildman–Crippen MR) is 194 cm³/mol. The zero-order valence-corrected chi connectivity index (χ0v) is 29.8. The first-order valence-corrected chi connectivity index (χ1v) is 18.0. The number of rotatable bonds is 9. The summed E-state index contributed by atoms with van der Waals surface area (Å²) in [7, 11) is 3.59. The molecular weight excluding hydrogens is 630 g/mol. The smallest absolute Gasteiger partial charge is 0.270 e. The van der Waals surface area contributed by atoms with E-state index in [-0.39, 0.29) is 41.2 Å². The Kier molecular flexibility index (Phi) is 9.09. The number of hydrogen-bond acceptors (Lipinski definition) is 7. The predicted octanol–water partition coefficient (Wildman–Crippen LogP) is 6.21. The second-order valence-electron chi connectivity index (χ2n) is 15.6. The molecule has 50 heavy (non-hydrogen) atoms. The van der Waals surface area contributed by atoms with Crippen molar-refractivity contribution in [2.45, 2.75) is 77.5 Å². The number of anilines is 1. The fourth-order valence-electron chi connectivity index (χ4n) is 9.51. The molecule has 264 valence electrons. The maximum Gasteiger partial charge on any atom is 0.270 e. The quantitative estimate of drug-likeness (QED) is 0.204. The Balaban J connectivity index is 1.09. The Hall–Kier alpha value is -4.44. The number of hydrogen-bond donors (Lipinski definition) is 2. The molecule has 3 aromatic rings. The summed E-state index contributed by atoms with van der Waals surface area (Å²) in [6.07, 6.45) is 4.74. The fourth-order valence-corrected chi connectivity index (χ4v) is 9.51. The van der Waals surface area contributed by atoms with Crippen molar-refractivity contribution in [3.8, 4) is 16.9 Å². The molecule has 3 saturated carbocycles. The first kappa shape index (κ1) is 34.0. The van der Waals surface area contributed by atoms with Crippen LogP contribution in [0.3, 0.4) is 0 Å². The van der Waals surface area contributed by atoms with Gasteiger partial charge in [-0.05, 0) is 85.1 Å². The van der Waals surface area contributed by atoms with Crippen molar-refractivity contribution in [3.05, 3.63) is 87.5 Å². The number of para-hydroxylation sites is 2. The normalized spacial score (nSPS) is 26.8. The number of likely N-dealkylation sites (tertiary alicyclic amines) is 1. The summed E-state index contributed by atoms with van der Waals surface area (Å²) < 4.78 is 5.97. The molecule has 1 unspecified atom stereocenters. The highest BCUT2D eigenvalue weighted by Crippen LogP contribution is 2.61. The number of ether oxygens (including phenoxy) is 1. The first-order valence-electron chi connectivity index (χ1n) is 18.0. The lowest BCUT2D eigenvalue weighted by atomic mass is 9.45. The van der Waals surface area contributed by atoms with E-state index in [4.69, 9.17) is 4.74 Å². The third kappa shape index (κ3) is 6.23. The van der Waals surface area contributed by atoms with E-state index < -0.39 is 4.92 Å². The summed E-state index contributed by atoms with van der Waals surface area (Å²) in [4.78, 5) is 43.3. The van der Waals surface area contributed by atoms with Gasteiger partial charge in [0.15, 0.2) is 0 Å². The topological polar surface area (TPSA) is 117 Å². The summed E-state index contributed by atoms with van der Waals surface area (Å²) in [5, 5.41) is 18.6. The van der Waals surface area contributed by atoms with Gasteiger partial charge in [-0.1, -0.05) is 57.2 Å². The van der Waals surface area contributed by atoms with Crippen LogP contribution in [0.2, 0.25) is 0 Å². The van der Waals surface area contributed by atoms with Gasteiger partial charge in [0.1, 0.15) is 5.75 Å². The second-order valence-corrected chi connectivity index (χ2v) is 15.6. The van der Waals surface area contributed by atoms with Gasteiger partial charge in [0.05, 0.1) is 24.1 Å². The van der Waals surface area contributed by atoms with E-state index in [1.807, 2.05) is 37.4 Å². The molecule has 2 bridgehead atoms. The average molecular weight is 680 g/mol. The van der Waals surface area contributed by atoms with Gasteiger partial charge < -0.3 is 20.3 Å². The number of nitrogens with zero attached hydrogens (tertiary/aromatic N) is 3. The maximum absolute atomic E-state index is 13.7. The Morgan fingerprint density at radius 3 is 2.60 bits per heavy atom. The highest BCUT2D eigenvalue weighted by Gasteiger charge is 2.56. The van der Waals surface area contributed by atoms with Crippen LogP contribution < -0.4 is 20.3 Å². The molecule has 1 saturated heterocycles. The Labute approximate surface area is 294 Å². The van der Waals surface area contributed by atoms with E-state index in [9.17, 15) is 19.7 Å². The van der Waals surface area contributed by atoms with Gasteiger partial charge in [-0.2, -0.15) is 0 Å². The highest BCUT2D eigenvalue weighted by molar-refractivity contribution is 5.97. The van der Waals surface area contributed by atoms with E-state index in [1.165, 1.54) is 18.6 Å². The van der Waals surface area contributed by atoms with E-state index in [1.54, 1.807) is 13.2 Å². The Morgan fingerprint density at radius 2 is 1.86 bits per heavy atom. The van der Waals surface area contributed by atoms with Crippen LogP contribution in [0.15, 0.2) is 60.7 Å². The van der Waals surface area contributed by atoms with Crippen LogP contribution in [0.4, 0.5) is 11.4 Å². The van der Waals surface area contributed by atoms with Crippen molar-refractivity contribution >= 4 is 23.2 Å². The number of amides is 2. The van der Waals surface area contributed by atoms with E-state index >= 15 is 0 Å². The molecule has 2 aliphatic heterocycles. The molecule has 4 fully saturated rings. The Bertz CT molecular complexity index is 1810. The van der Waals surface area contributed by atoms with E-state index in [0.717, 1.165) is 42.6 Å². The lowest BCUT2D eigenvalue weighted by Crippen LogP contribution is -2.61. The first-order chi connectivity index (χ1) is 23.9. The third-order valence-corrected chi connectivity index (χ3v) is 12.4. The summed E-state index contributed by atoms with van der Waals surface area (Å²) in [6.45, 7) is 8.98. The van der Waals surface area contributed by atoms with Crippen LogP contribution in [0.1, 0.15) is 67.9 Å². The number of fused-ring (bicyclic) bond motifs is 3. The van der Waals surface area contributed by atoms with Crippen LogP contribution >= 0.6 is 0 Å². The van der Waals surface area contributed by atoms with Crippen LogP contribution in [0.5, 0.6) is 5.75 Å². The lowest BCUT2D eigenvalue weighted by molar-refractivity contribution is -0.384. The highest BCUT2D eigenvalue weighted by atomic mass is 16.6. The van der Waals surface area contributed by atoms with Crippen molar-refractivity contribution in [1.29, 1.82) is 0 Å². The van der Waals surface area contributed by atoms with Gasteiger partial charge in [0.2, 0.25) is 5.91 Å². The van der Waals surface area contributed by atoms with Crippen molar-refractivity contribution < 1.29 is 19.2 Å². The largest absolute Gasteiger partial charge is 0.496 e. The molecule has 2 amide bonds. The molecule has 8 rings (SSSR count). The number of nitro benzene ring substituents is 1. The lowest BCUT2D eigenvalue weighted by Gasteiger charge is -2.62. The second kappa shape index (κ2) is 13.4. The van der Waals surface area contributed by atoms with Gasteiger partial charge >= 0.3 is 0 Å². The molecule has 2 N–H and O–H groups in total. The molecule has 0 spiro atoms. The molecule has 2 heterocycles. The summed E-state index contributed by atoms with van der Waals surface area (Å²) >= 11 is 0. The average Bonchev–Trinajstić information content (AvgIpc) is 3.56. The summed E-state index contributed by atoms with van der Waals surface area (Å²) in [5.74, 6) is 2.13. The zero-order chi connectivity index (χ0) is 35.3. The van der Waals surface area contributed by atoms with Crippen molar-refractivity contribution in [1.82, 2.24) is 15.5 Å². The minimum atomic E-state index is -0.466. The SMILES string of the molecule is COc1c(CN2CCC[C@@H]2C(=O)N[C@H]2C[C@H]3C[C@@H]([C@@H]2C)C3(C)C)cccc1-c1cc(C(=O)NC2Cc3ccccc3N(C)C2)cc([N+](=O)[O-])c1. The molecule has 10 heteroatoms. The Morgan fingerprint density at radius 1 is 1.06 bits per heavy atom. The minimum Gasteiger partial charge on any atom is -0.496 e. The number of nitrogens with one attached hydrogen (secondary N) is 2. The third-order valence-electron chi connectivity index (χ3n) is 12.4. The molecule has 0 aromatic heterocycles. The number of carbonyl (C=O) groups is 2. The number of likely N-dealkylation sites (N-methyl/N-ethyl adjacent to an activating group) is 1. The van der Waals surface area contributed by atoms with Gasteiger partial charge in [-0.3, -0.25) is 24.6 Å². The zero-order valence-electron chi connectivity index (χ0n) is 29.8.